The molecule has 0 aliphatic heterocycles. The van der Waals surface area contributed by atoms with Gasteiger partial charge in [-0.3, -0.25) is 0 Å². The summed E-state index contributed by atoms with van der Waals surface area (Å²) in [7, 11) is 0. The molecule has 2 aromatic heterocycles. The van der Waals surface area contributed by atoms with Crippen molar-refractivity contribution in [2.24, 2.45) is 0 Å². The van der Waals surface area contributed by atoms with Crippen LogP contribution in [0.5, 0.6) is 11.5 Å². The third kappa shape index (κ3) is 7.30. The normalized spacial score (nSPS) is 12.8. The Morgan fingerprint density at radius 2 is 0.768 bits per heavy atom. The smallest absolute Gasteiger partial charge is 0.163 e. The Hall–Kier alpha value is -3.38. The zero-order valence-electron chi connectivity index (χ0n) is 34.1. The summed E-state index contributed by atoms with van der Waals surface area (Å²) >= 11 is 4.81. The number of unbranched alkanes of at least 4 members (excludes halogenated alkanes) is 6. The largest absolute Gasteiger partial charge is 0.490 e. The molecule has 0 aliphatic carbocycles. The van der Waals surface area contributed by atoms with E-state index in [2.05, 4.69) is 149 Å². The zero-order chi connectivity index (χ0) is 39.5. The van der Waals surface area contributed by atoms with Gasteiger partial charge >= 0.3 is 0 Å². The van der Waals surface area contributed by atoms with Gasteiger partial charge in [-0.05, 0) is 116 Å². The number of nitrogens with zero attached hydrogens (tertiary/aromatic N) is 4. The van der Waals surface area contributed by atoms with Crippen molar-refractivity contribution >= 4 is 122 Å². The predicted molar refractivity (Wildman–Crippen MR) is 253 cm³/mol. The second-order valence-electron chi connectivity index (χ2n) is 17.6. The van der Waals surface area contributed by atoms with Gasteiger partial charge in [0.1, 0.15) is 0 Å². The van der Waals surface area contributed by atoms with Crippen LogP contribution < -0.4 is 9.47 Å². The maximum atomic E-state index is 6.48. The van der Waals surface area contributed by atoms with E-state index in [-0.39, 0.29) is 10.8 Å². The topological polar surface area (TPSA) is 70.0 Å². The lowest BCUT2D eigenvalue weighted by atomic mass is 9.80. The first-order valence-electron chi connectivity index (χ1n) is 20.4. The van der Waals surface area contributed by atoms with Gasteiger partial charge in [-0.1, -0.05) is 93.9 Å². The minimum absolute atomic E-state index is 0.120. The minimum Gasteiger partial charge on any atom is -0.490 e. The van der Waals surface area contributed by atoms with Crippen LogP contribution in [-0.2, 0) is 10.8 Å². The molecular formula is C48H52I2N4O2. The maximum absolute atomic E-state index is 6.48. The average Bonchev–Trinajstić information content (AvgIpc) is 3.15. The van der Waals surface area contributed by atoms with Crippen LogP contribution in [0.3, 0.4) is 0 Å². The van der Waals surface area contributed by atoms with Gasteiger partial charge in [0.2, 0.25) is 0 Å². The molecule has 0 radical (unpaired) electrons. The van der Waals surface area contributed by atoms with Crippen LogP contribution in [-0.4, -0.2) is 33.1 Å². The van der Waals surface area contributed by atoms with Gasteiger partial charge in [0, 0.05) is 51.6 Å². The van der Waals surface area contributed by atoms with Gasteiger partial charge in [-0.2, -0.15) is 0 Å². The highest BCUT2D eigenvalue weighted by atomic mass is 127. The monoisotopic (exact) mass is 970 g/mol. The number of rotatable bonds is 12. The second kappa shape index (κ2) is 15.4. The molecule has 6 aromatic carbocycles. The predicted octanol–water partition coefficient (Wildman–Crippen LogP) is 14.5. The molecule has 0 fully saturated rings. The van der Waals surface area contributed by atoms with Gasteiger partial charge < -0.3 is 9.47 Å². The van der Waals surface area contributed by atoms with Crippen molar-refractivity contribution in [3.63, 3.8) is 0 Å². The third-order valence-electron chi connectivity index (χ3n) is 11.2. The first-order valence-corrected chi connectivity index (χ1v) is 22.6. The van der Waals surface area contributed by atoms with Crippen LogP contribution >= 0.6 is 45.2 Å². The molecule has 0 aliphatic rings. The van der Waals surface area contributed by atoms with Crippen LogP contribution in [0.4, 0.5) is 0 Å². The fourth-order valence-corrected chi connectivity index (χ4v) is 8.85. The number of halogens is 2. The van der Waals surface area contributed by atoms with Crippen molar-refractivity contribution < 1.29 is 9.47 Å². The Balaban J connectivity index is 1.48. The number of hydrogen-bond donors (Lipinski definition) is 0. The summed E-state index contributed by atoms with van der Waals surface area (Å²) in [5, 5.41) is 6.75. The second-order valence-corrected chi connectivity index (χ2v) is 19.9. The fourth-order valence-electron chi connectivity index (χ4n) is 7.95. The Bertz CT molecular complexity index is 2600. The molecule has 0 unspecified atom stereocenters. The molecule has 2 heterocycles. The van der Waals surface area contributed by atoms with E-state index in [1.807, 2.05) is 0 Å². The SMILES string of the molecule is CCCCCCOc1cc2nc3c4cc(C(C)(C)C)cc5c6nc7cc(I)c(I)cc7nc6c6cc(C(C)(C)C)cc(c3nc2cc1OCCCCCC)c6c54. The van der Waals surface area contributed by atoms with Crippen LogP contribution in [0.25, 0.3) is 76.5 Å². The van der Waals surface area contributed by atoms with Crippen LogP contribution in [0, 0.1) is 7.14 Å². The van der Waals surface area contributed by atoms with E-state index in [0.717, 1.165) is 103 Å². The van der Waals surface area contributed by atoms with Crippen molar-refractivity contribution in [1.29, 1.82) is 0 Å². The summed E-state index contributed by atoms with van der Waals surface area (Å²) in [6, 6.07) is 17.9. The van der Waals surface area contributed by atoms with E-state index in [9.17, 15) is 0 Å². The van der Waals surface area contributed by atoms with Crippen LogP contribution in [0.15, 0.2) is 48.5 Å². The highest BCUT2D eigenvalue weighted by molar-refractivity contribution is 14.1. The Morgan fingerprint density at radius 3 is 1.07 bits per heavy atom. The summed E-state index contributed by atoms with van der Waals surface area (Å²) in [4.78, 5) is 22.0. The van der Waals surface area contributed by atoms with Crippen molar-refractivity contribution in [1.82, 2.24) is 19.9 Å². The van der Waals surface area contributed by atoms with E-state index < -0.39 is 0 Å². The molecule has 0 atom stereocenters. The molecule has 0 saturated carbocycles. The van der Waals surface area contributed by atoms with Gasteiger partial charge in [-0.25, -0.2) is 19.9 Å². The van der Waals surface area contributed by atoms with Gasteiger partial charge in [0.15, 0.2) is 11.5 Å². The molecule has 8 heteroatoms. The Labute approximate surface area is 357 Å². The van der Waals surface area contributed by atoms with Gasteiger partial charge in [0.25, 0.3) is 0 Å². The highest BCUT2D eigenvalue weighted by Gasteiger charge is 2.27. The van der Waals surface area contributed by atoms with E-state index >= 15 is 0 Å². The number of aromatic nitrogens is 4. The third-order valence-corrected chi connectivity index (χ3v) is 14.0. The van der Waals surface area contributed by atoms with Crippen molar-refractivity contribution in [3.8, 4) is 11.5 Å². The molecular weight excluding hydrogens is 918 g/mol. The molecule has 0 amide bonds. The van der Waals surface area contributed by atoms with Gasteiger partial charge in [0.05, 0.1) is 57.3 Å². The summed E-state index contributed by atoms with van der Waals surface area (Å²) in [5.74, 6) is 1.50. The molecule has 0 bridgehead atoms. The first kappa shape index (κ1) is 39.4. The molecule has 290 valence electrons. The molecule has 6 nitrogen and oxygen atoms in total. The fraction of sp³-hybridized carbons (Fsp3) is 0.417. The molecule has 8 aromatic rings. The molecule has 56 heavy (non-hydrogen) atoms. The first-order chi connectivity index (χ1) is 26.8. The van der Waals surface area contributed by atoms with Crippen LogP contribution in [0.2, 0.25) is 0 Å². The van der Waals surface area contributed by atoms with Gasteiger partial charge in [-0.15, -0.1) is 0 Å². The Kier molecular flexibility index (Phi) is 10.9. The number of benzene rings is 6. The number of ether oxygens (including phenoxy) is 2. The van der Waals surface area contributed by atoms with Crippen molar-refractivity contribution in [2.45, 2.75) is 118 Å². The Morgan fingerprint density at radius 1 is 0.446 bits per heavy atom. The highest BCUT2D eigenvalue weighted by Crippen LogP contribution is 2.47. The molecule has 0 spiro atoms. The summed E-state index contributed by atoms with van der Waals surface area (Å²) in [5.41, 5.74) is 9.30. The van der Waals surface area contributed by atoms with Crippen LogP contribution in [0.1, 0.15) is 118 Å². The van der Waals surface area contributed by atoms with Crippen molar-refractivity contribution in [2.75, 3.05) is 13.2 Å². The van der Waals surface area contributed by atoms with E-state index in [4.69, 9.17) is 29.4 Å². The standard InChI is InChI=1S/C48H52I2N4O2/c1-9-11-13-15-17-55-39-25-37-38(26-40(39)56-18-16-14-12-10-2)54-46-32-22-28(48(6,7)8)20-30-42(32)41-29(19-27(47(3,4)5)21-31(41)45(46)53-37)43-44(30)52-36-24-34(50)33(49)23-35(36)51-43/h19-26H,9-18H2,1-8H3. The minimum atomic E-state index is -0.120. The summed E-state index contributed by atoms with van der Waals surface area (Å²) in [6.45, 7) is 19.4. The quantitative estimate of drug-likeness (QED) is 0.0526. The lowest BCUT2D eigenvalue weighted by Crippen LogP contribution is -2.12. The number of fused-ring (bicyclic) bond motifs is 8. The molecule has 0 N–H and O–H groups in total. The van der Waals surface area contributed by atoms with E-state index in [0.29, 0.717) is 13.2 Å². The average molecular weight is 971 g/mol. The zero-order valence-corrected chi connectivity index (χ0v) is 38.4. The summed E-state index contributed by atoms with van der Waals surface area (Å²) in [6.07, 6.45) is 9.13. The number of hydrogen-bond acceptors (Lipinski definition) is 6. The maximum Gasteiger partial charge on any atom is 0.163 e. The van der Waals surface area contributed by atoms with Crippen molar-refractivity contribution in [3.05, 3.63) is 66.8 Å². The lowest BCUT2D eigenvalue weighted by molar-refractivity contribution is 0.259. The molecule has 8 rings (SSSR count). The van der Waals surface area contributed by atoms with E-state index in [1.54, 1.807) is 0 Å². The van der Waals surface area contributed by atoms with E-state index in [1.165, 1.54) is 54.7 Å². The molecule has 0 saturated heterocycles. The lowest BCUT2D eigenvalue weighted by Gasteiger charge is -2.25. The summed E-state index contributed by atoms with van der Waals surface area (Å²) < 4.78 is 15.3.